The maximum Gasteiger partial charge on any atom is 0.225 e. The van der Waals surface area contributed by atoms with Crippen molar-refractivity contribution in [1.82, 2.24) is 4.90 Å². The van der Waals surface area contributed by atoms with Gasteiger partial charge in [-0.25, -0.2) is 0 Å². The van der Waals surface area contributed by atoms with Gasteiger partial charge in [-0.05, 0) is 0 Å². The highest BCUT2D eigenvalue weighted by molar-refractivity contribution is 5.78. The van der Waals surface area contributed by atoms with E-state index in [1.165, 1.54) is 0 Å². The smallest absolute Gasteiger partial charge is 0.225 e. The quantitative estimate of drug-likeness (QED) is 0.531. The number of primary amides is 1. The van der Waals surface area contributed by atoms with E-state index in [1.54, 1.807) is 0 Å². The van der Waals surface area contributed by atoms with Crippen LogP contribution in [0.2, 0.25) is 0 Å². The summed E-state index contributed by atoms with van der Waals surface area (Å²) in [7, 11) is 0. The van der Waals surface area contributed by atoms with Crippen LogP contribution < -0.4 is 5.73 Å². The Balaban J connectivity index is 2.45. The van der Waals surface area contributed by atoms with Gasteiger partial charge in [-0.2, -0.15) is 0 Å². The summed E-state index contributed by atoms with van der Waals surface area (Å²) in [6.45, 7) is 2.16. The molecule has 68 valence electrons. The third-order valence-electron chi connectivity index (χ3n) is 1.97. The Morgan fingerprint density at radius 3 is 3.08 bits per heavy atom. The Bertz CT molecular complexity index is 191. The molecule has 1 heterocycles. The summed E-state index contributed by atoms with van der Waals surface area (Å²) in [4.78, 5) is 12.8. The Kier molecular flexibility index (Phi) is 3.25. The molecule has 1 amide bonds. The highest BCUT2D eigenvalue weighted by Gasteiger charge is 2.18. The van der Waals surface area contributed by atoms with Crippen molar-refractivity contribution in [3.63, 3.8) is 0 Å². The van der Waals surface area contributed by atoms with Gasteiger partial charge in [0.15, 0.2) is 0 Å². The Morgan fingerprint density at radius 2 is 2.50 bits per heavy atom. The number of nitrogens with two attached hydrogens (primary N) is 1. The van der Waals surface area contributed by atoms with E-state index in [2.05, 4.69) is 0 Å². The third-order valence-corrected chi connectivity index (χ3v) is 1.97. The van der Waals surface area contributed by atoms with Gasteiger partial charge in [-0.15, -0.1) is 0 Å². The number of nitrogens with zero attached hydrogens (tertiary/aromatic N) is 1. The fourth-order valence-corrected chi connectivity index (χ4v) is 1.30. The Labute approximate surface area is 71.7 Å². The first-order valence-corrected chi connectivity index (χ1v) is 4.03. The van der Waals surface area contributed by atoms with Gasteiger partial charge >= 0.3 is 0 Å². The Hall–Kier alpha value is -0.870. The second-order valence-corrected chi connectivity index (χ2v) is 2.92. The molecule has 1 unspecified atom stereocenters. The number of hydrogen-bond acceptors (Lipinski definition) is 3. The second-order valence-electron chi connectivity index (χ2n) is 2.92. The van der Waals surface area contributed by atoms with Gasteiger partial charge < -0.3 is 10.8 Å². The molecule has 4 heteroatoms. The number of rotatable bonds is 3. The van der Waals surface area contributed by atoms with Gasteiger partial charge in [0.25, 0.3) is 0 Å². The van der Waals surface area contributed by atoms with Gasteiger partial charge in [0.2, 0.25) is 5.91 Å². The number of carbonyl (C=O) groups excluding carboxylic acids is 1. The molecule has 0 aromatic carbocycles. The van der Waals surface area contributed by atoms with Crippen molar-refractivity contribution in [2.75, 3.05) is 26.2 Å². The molecular formula is C8H14N2O2. The molecule has 3 N–H and O–H groups in total. The van der Waals surface area contributed by atoms with Crippen molar-refractivity contribution >= 4 is 5.91 Å². The molecule has 12 heavy (non-hydrogen) atoms. The summed E-state index contributed by atoms with van der Waals surface area (Å²) in [6, 6.07) is 0. The lowest BCUT2D eigenvalue weighted by Crippen LogP contribution is -2.39. The number of carbonyl (C=O) groups is 1. The van der Waals surface area contributed by atoms with Gasteiger partial charge in [-0.3, -0.25) is 9.69 Å². The van der Waals surface area contributed by atoms with Gasteiger partial charge in [0, 0.05) is 19.6 Å². The first-order chi connectivity index (χ1) is 5.74. The summed E-state index contributed by atoms with van der Waals surface area (Å²) < 4.78 is 0. The minimum Gasteiger partial charge on any atom is -0.395 e. The lowest BCUT2D eigenvalue weighted by Gasteiger charge is -2.26. The van der Waals surface area contributed by atoms with Crippen LogP contribution in [0, 0.1) is 5.92 Å². The summed E-state index contributed by atoms with van der Waals surface area (Å²) >= 11 is 0. The van der Waals surface area contributed by atoms with E-state index in [0.29, 0.717) is 13.1 Å². The average Bonchev–Trinajstić information content (AvgIpc) is 2.05. The number of aliphatic hydroxyl groups is 1. The van der Waals surface area contributed by atoms with Crippen molar-refractivity contribution in [2.24, 2.45) is 11.7 Å². The first-order valence-electron chi connectivity index (χ1n) is 4.03. The van der Waals surface area contributed by atoms with Crippen molar-refractivity contribution in [3.05, 3.63) is 12.2 Å². The largest absolute Gasteiger partial charge is 0.395 e. The van der Waals surface area contributed by atoms with E-state index in [4.69, 9.17) is 10.8 Å². The van der Waals surface area contributed by atoms with Crippen molar-refractivity contribution in [2.45, 2.75) is 0 Å². The lowest BCUT2D eigenvalue weighted by atomic mass is 10.1. The zero-order chi connectivity index (χ0) is 8.97. The molecule has 1 rings (SSSR count). The highest BCUT2D eigenvalue weighted by atomic mass is 16.3. The van der Waals surface area contributed by atoms with E-state index in [0.717, 1.165) is 6.54 Å². The zero-order valence-electron chi connectivity index (χ0n) is 6.94. The summed E-state index contributed by atoms with van der Waals surface area (Å²) in [5.74, 6) is -0.487. The van der Waals surface area contributed by atoms with E-state index in [-0.39, 0.29) is 18.4 Å². The lowest BCUT2D eigenvalue weighted by molar-refractivity contribution is -0.121. The molecule has 1 aliphatic heterocycles. The molecule has 1 aliphatic rings. The number of hydrogen-bond donors (Lipinski definition) is 2. The number of amides is 1. The Morgan fingerprint density at radius 1 is 1.75 bits per heavy atom. The number of aliphatic hydroxyl groups excluding tert-OH is 1. The molecule has 0 bridgehead atoms. The third kappa shape index (κ3) is 2.32. The van der Waals surface area contributed by atoms with Crippen LogP contribution in [0.25, 0.3) is 0 Å². The van der Waals surface area contributed by atoms with Crippen molar-refractivity contribution < 1.29 is 9.90 Å². The van der Waals surface area contributed by atoms with Crippen molar-refractivity contribution in [1.29, 1.82) is 0 Å². The van der Waals surface area contributed by atoms with E-state index in [9.17, 15) is 4.79 Å². The van der Waals surface area contributed by atoms with E-state index in [1.807, 2.05) is 17.1 Å². The van der Waals surface area contributed by atoms with E-state index >= 15 is 0 Å². The fourth-order valence-electron chi connectivity index (χ4n) is 1.30. The fraction of sp³-hybridized carbons (Fsp3) is 0.625. The summed E-state index contributed by atoms with van der Waals surface area (Å²) in [5.41, 5.74) is 5.15. The average molecular weight is 170 g/mol. The second kappa shape index (κ2) is 4.23. The molecular weight excluding hydrogens is 156 g/mol. The minimum atomic E-state index is -0.297. The van der Waals surface area contributed by atoms with Gasteiger partial charge in [-0.1, -0.05) is 12.2 Å². The SMILES string of the molecule is NC(=O)C1C=CCN(CCO)C1. The van der Waals surface area contributed by atoms with Crippen LogP contribution in [0.4, 0.5) is 0 Å². The van der Waals surface area contributed by atoms with Crippen LogP contribution in [0.3, 0.4) is 0 Å². The van der Waals surface area contributed by atoms with Crippen molar-refractivity contribution in [3.8, 4) is 0 Å². The van der Waals surface area contributed by atoms with Crippen LogP contribution >= 0.6 is 0 Å². The van der Waals surface area contributed by atoms with Crippen LogP contribution in [-0.2, 0) is 4.79 Å². The van der Waals surface area contributed by atoms with Crippen LogP contribution in [0.15, 0.2) is 12.2 Å². The van der Waals surface area contributed by atoms with Gasteiger partial charge in [0.05, 0.1) is 12.5 Å². The molecule has 1 atom stereocenters. The minimum absolute atomic E-state index is 0.124. The van der Waals surface area contributed by atoms with Gasteiger partial charge in [0.1, 0.15) is 0 Å². The normalized spacial score (nSPS) is 24.2. The molecule has 0 aromatic rings. The summed E-state index contributed by atoms with van der Waals surface area (Å²) in [5, 5.41) is 8.66. The van der Waals surface area contributed by atoms with Crippen LogP contribution in [0.5, 0.6) is 0 Å². The molecule has 0 aliphatic carbocycles. The molecule has 0 spiro atoms. The first kappa shape index (κ1) is 9.22. The number of β-amino-alcohol motifs (C(OH)–C–C–N with tert-alkyl or cyclic N) is 1. The van der Waals surface area contributed by atoms with E-state index < -0.39 is 0 Å². The molecule has 0 saturated carbocycles. The molecule has 0 fully saturated rings. The van der Waals surface area contributed by atoms with Crippen LogP contribution in [-0.4, -0.2) is 42.2 Å². The standard InChI is InChI=1S/C8H14N2O2/c9-8(12)7-2-1-3-10(6-7)4-5-11/h1-2,7,11H,3-6H2,(H2,9,12). The maximum absolute atomic E-state index is 10.8. The van der Waals surface area contributed by atoms with Crippen LogP contribution in [0.1, 0.15) is 0 Å². The summed E-state index contributed by atoms with van der Waals surface area (Å²) in [6.07, 6.45) is 3.74. The molecule has 0 saturated heterocycles. The monoisotopic (exact) mass is 170 g/mol. The molecule has 0 radical (unpaired) electrons. The molecule has 4 nitrogen and oxygen atoms in total. The highest BCUT2D eigenvalue weighted by Crippen LogP contribution is 2.07. The topological polar surface area (TPSA) is 66.6 Å². The predicted molar refractivity (Wildman–Crippen MR) is 45.4 cm³/mol. The maximum atomic E-state index is 10.8. The molecule has 0 aromatic heterocycles. The zero-order valence-corrected chi connectivity index (χ0v) is 6.94. The predicted octanol–water partition coefficient (Wildman–Crippen LogP) is -1.05.